The van der Waals surface area contributed by atoms with Crippen LogP contribution in [0.1, 0.15) is 39.5 Å². The van der Waals surface area contributed by atoms with Gasteiger partial charge in [0.05, 0.1) is 6.17 Å². The number of nitrogens with one attached hydrogen (secondary N) is 1. The van der Waals surface area contributed by atoms with Crippen molar-refractivity contribution in [2.24, 2.45) is 5.84 Å². The number of ether oxygens (including phenoxy) is 2. The van der Waals surface area contributed by atoms with Gasteiger partial charge in [0.25, 0.3) is 0 Å². The fourth-order valence-electron chi connectivity index (χ4n) is 1.97. The molecule has 1 aliphatic heterocycles. The fourth-order valence-corrected chi connectivity index (χ4v) is 1.97. The highest BCUT2D eigenvalue weighted by molar-refractivity contribution is 4.81. The van der Waals surface area contributed by atoms with Gasteiger partial charge in [-0.1, -0.05) is 26.2 Å². The largest absolute Gasteiger partial charge is 0.350 e. The number of nitrogens with zero attached hydrogens (tertiary/aromatic N) is 1. The summed E-state index contributed by atoms with van der Waals surface area (Å²) in [5, 5.41) is 5.08. The van der Waals surface area contributed by atoms with Crippen molar-refractivity contribution in [3.05, 3.63) is 0 Å². The topological polar surface area (TPSA) is 63.0 Å². The molecule has 0 radical (unpaired) electrons. The van der Waals surface area contributed by atoms with Crippen LogP contribution in [0.2, 0.25) is 0 Å². The van der Waals surface area contributed by atoms with Gasteiger partial charge in [-0.3, -0.25) is 5.84 Å². The van der Waals surface area contributed by atoms with Crippen molar-refractivity contribution in [2.45, 2.75) is 58.1 Å². The van der Waals surface area contributed by atoms with Crippen molar-refractivity contribution >= 4 is 0 Å². The third-order valence-electron chi connectivity index (χ3n) is 3.07. The van der Waals surface area contributed by atoms with Gasteiger partial charge in [0.15, 0.2) is 6.29 Å². The molecular weight excluding hydrogens is 218 g/mol. The Balaban J connectivity index is 2.17. The molecule has 1 fully saturated rings. The van der Waals surface area contributed by atoms with Gasteiger partial charge in [0.2, 0.25) is 0 Å². The third-order valence-corrected chi connectivity index (χ3v) is 3.07. The first-order valence-electron chi connectivity index (χ1n) is 6.68. The van der Waals surface area contributed by atoms with E-state index in [0.29, 0.717) is 6.61 Å². The fraction of sp³-hybridized carbons (Fsp3) is 1.00. The number of rotatable bonds is 10. The van der Waals surface area contributed by atoms with Gasteiger partial charge in [0.1, 0.15) is 6.10 Å². The number of unbranched alkanes of at least 4 members (excludes halogenated alkanes) is 2. The predicted octanol–water partition coefficient (Wildman–Crippen LogP) is 1.05. The SMILES string of the molecule is CCCCCC(NC)N(N)CC1OC1OCC. The Morgan fingerprint density at radius 1 is 1.41 bits per heavy atom. The lowest BCUT2D eigenvalue weighted by atomic mass is 10.1. The Labute approximate surface area is 105 Å². The van der Waals surface area contributed by atoms with E-state index in [-0.39, 0.29) is 18.6 Å². The Bertz CT molecular complexity index is 204. The van der Waals surface area contributed by atoms with Crippen molar-refractivity contribution in [1.82, 2.24) is 10.3 Å². The predicted molar refractivity (Wildman–Crippen MR) is 68.2 cm³/mol. The molecule has 3 unspecified atom stereocenters. The quantitative estimate of drug-likeness (QED) is 0.198. The van der Waals surface area contributed by atoms with Crippen LogP contribution < -0.4 is 11.2 Å². The number of epoxide rings is 1. The van der Waals surface area contributed by atoms with Crippen molar-refractivity contribution in [3.63, 3.8) is 0 Å². The van der Waals surface area contributed by atoms with Crippen LogP contribution in [-0.2, 0) is 9.47 Å². The van der Waals surface area contributed by atoms with Gasteiger partial charge in [-0.2, -0.15) is 0 Å². The molecule has 1 rings (SSSR count). The minimum absolute atomic E-state index is 0.0424. The van der Waals surface area contributed by atoms with Crippen LogP contribution in [0.5, 0.6) is 0 Å². The maximum atomic E-state index is 6.05. The molecule has 0 spiro atoms. The molecule has 3 N–H and O–H groups in total. The summed E-state index contributed by atoms with van der Waals surface area (Å²) < 4.78 is 10.7. The molecule has 1 heterocycles. The lowest BCUT2D eigenvalue weighted by molar-refractivity contribution is 0.0592. The molecule has 0 aromatic heterocycles. The van der Waals surface area contributed by atoms with Crippen molar-refractivity contribution in [1.29, 1.82) is 0 Å². The summed E-state index contributed by atoms with van der Waals surface area (Å²) in [6.07, 6.45) is 5.10. The van der Waals surface area contributed by atoms with Gasteiger partial charge < -0.3 is 14.8 Å². The maximum absolute atomic E-state index is 6.05. The monoisotopic (exact) mass is 245 g/mol. The summed E-state index contributed by atoms with van der Waals surface area (Å²) in [4.78, 5) is 0. The van der Waals surface area contributed by atoms with Crippen LogP contribution in [-0.4, -0.2) is 43.8 Å². The Morgan fingerprint density at radius 3 is 2.76 bits per heavy atom. The molecule has 1 saturated heterocycles. The van der Waals surface area contributed by atoms with E-state index in [2.05, 4.69) is 12.2 Å². The lowest BCUT2D eigenvalue weighted by Gasteiger charge is -2.26. The second kappa shape index (κ2) is 8.00. The van der Waals surface area contributed by atoms with E-state index in [1.54, 1.807) is 0 Å². The third kappa shape index (κ3) is 5.31. The number of hydrazine groups is 1. The summed E-state index contributed by atoms with van der Waals surface area (Å²) >= 11 is 0. The van der Waals surface area contributed by atoms with Crippen LogP contribution in [0.4, 0.5) is 0 Å². The van der Waals surface area contributed by atoms with E-state index in [0.717, 1.165) is 13.0 Å². The minimum Gasteiger partial charge on any atom is -0.350 e. The Morgan fingerprint density at radius 2 is 2.18 bits per heavy atom. The van der Waals surface area contributed by atoms with Crippen LogP contribution in [0.3, 0.4) is 0 Å². The number of hydrogen-bond donors (Lipinski definition) is 2. The number of hydrogen-bond acceptors (Lipinski definition) is 5. The molecule has 5 heteroatoms. The lowest BCUT2D eigenvalue weighted by Crippen LogP contribution is -2.50. The average molecular weight is 245 g/mol. The molecule has 0 aromatic rings. The zero-order chi connectivity index (χ0) is 12.7. The van der Waals surface area contributed by atoms with Crippen molar-refractivity contribution in [3.8, 4) is 0 Å². The zero-order valence-electron chi connectivity index (χ0n) is 11.3. The molecule has 0 aliphatic carbocycles. The first-order valence-corrected chi connectivity index (χ1v) is 6.68. The van der Waals surface area contributed by atoms with E-state index < -0.39 is 0 Å². The van der Waals surface area contributed by atoms with E-state index in [4.69, 9.17) is 15.3 Å². The number of nitrogens with two attached hydrogens (primary N) is 1. The molecule has 0 saturated carbocycles. The first kappa shape index (κ1) is 14.9. The van der Waals surface area contributed by atoms with E-state index in [1.807, 2.05) is 19.0 Å². The smallest absolute Gasteiger partial charge is 0.185 e. The molecule has 0 aromatic carbocycles. The zero-order valence-corrected chi connectivity index (χ0v) is 11.3. The maximum Gasteiger partial charge on any atom is 0.185 e. The standard InChI is InChI=1S/C12H27N3O2/c1-4-6-7-8-11(14-3)15(13)9-10-12(17-10)16-5-2/h10-12,14H,4-9,13H2,1-3H3. The van der Waals surface area contributed by atoms with Crippen LogP contribution in [0.25, 0.3) is 0 Å². The normalized spacial score (nSPS) is 25.2. The van der Waals surface area contributed by atoms with Crippen LogP contribution in [0.15, 0.2) is 0 Å². The van der Waals surface area contributed by atoms with Gasteiger partial charge in [-0.15, -0.1) is 0 Å². The van der Waals surface area contributed by atoms with E-state index in [1.165, 1.54) is 19.3 Å². The van der Waals surface area contributed by atoms with Crippen molar-refractivity contribution in [2.75, 3.05) is 20.2 Å². The molecule has 3 atom stereocenters. The molecular formula is C12H27N3O2. The summed E-state index contributed by atoms with van der Waals surface area (Å²) in [6.45, 7) is 5.60. The highest BCUT2D eigenvalue weighted by Crippen LogP contribution is 2.24. The summed E-state index contributed by atoms with van der Waals surface area (Å²) in [5.74, 6) is 6.05. The molecule has 5 nitrogen and oxygen atoms in total. The molecule has 0 bridgehead atoms. The van der Waals surface area contributed by atoms with E-state index in [9.17, 15) is 0 Å². The average Bonchev–Trinajstić information content (AvgIpc) is 3.03. The first-order chi connectivity index (χ1) is 8.22. The van der Waals surface area contributed by atoms with Gasteiger partial charge in [0, 0.05) is 13.2 Å². The van der Waals surface area contributed by atoms with Crippen molar-refractivity contribution < 1.29 is 9.47 Å². The highest BCUT2D eigenvalue weighted by atomic mass is 16.8. The molecule has 0 amide bonds. The molecule has 102 valence electrons. The summed E-state index contributed by atoms with van der Waals surface area (Å²) in [5.41, 5.74) is 0. The van der Waals surface area contributed by atoms with Gasteiger partial charge >= 0.3 is 0 Å². The van der Waals surface area contributed by atoms with Gasteiger partial charge in [-0.05, 0) is 20.4 Å². The minimum atomic E-state index is -0.0424. The Hall–Kier alpha value is -0.200. The molecule has 17 heavy (non-hydrogen) atoms. The van der Waals surface area contributed by atoms with Crippen LogP contribution >= 0.6 is 0 Å². The highest BCUT2D eigenvalue weighted by Gasteiger charge is 2.41. The second-order valence-electron chi connectivity index (χ2n) is 4.50. The Kier molecular flexibility index (Phi) is 6.99. The van der Waals surface area contributed by atoms with Gasteiger partial charge in [-0.25, -0.2) is 5.01 Å². The van der Waals surface area contributed by atoms with Crippen LogP contribution in [0, 0.1) is 0 Å². The summed E-state index contributed by atoms with van der Waals surface area (Å²) in [6, 6.07) is 0. The second-order valence-corrected chi connectivity index (χ2v) is 4.50. The molecule has 1 aliphatic rings. The summed E-state index contributed by atoms with van der Waals surface area (Å²) in [7, 11) is 1.95. The van der Waals surface area contributed by atoms with E-state index >= 15 is 0 Å².